The maximum Gasteiger partial charge on any atom is 0.339 e. The van der Waals surface area contributed by atoms with Crippen LogP contribution in [0.2, 0.25) is 0 Å². The quantitative estimate of drug-likeness (QED) is 0.869. The van der Waals surface area contributed by atoms with Gasteiger partial charge in [-0.1, -0.05) is 6.07 Å². The molecule has 6 heteroatoms. The first-order chi connectivity index (χ1) is 8.82. The predicted octanol–water partition coefficient (Wildman–Crippen LogP) is 2.44. The van der Waals surface area contributed by atoms with E-state index in [1.165, 1.54) is 6.07 Å². The second-order valence-electron chi connectivity index (χ2n) is 4.35. The van der Waals surface area contributed by atoms with Gasteiger partial charge in [-0.05, 0) is 48.8 Å². The van der Waals surface area contributed by atoms with Gasteiger partial charge < -0.3 is 15.2 Å². The van der Waals surface area contributed by atoms with Crippen molar-refractivity contribution in [2.24, 2.45) is 0 Å². The molecule has 0 aliphatic heterocycles. The lowest BCUT2D eigenvalue weighted by molar-refractivity contribution is -0.127. The summed E-state index contributed by atoms with van der Waals surface area (Å²) < 4.78 is 5.96. The van der Waals surface area contributed by atoms with E-state index in [1.807, 2.05) is 13.8 Å². The molecule has 0 aromatic heterocycles. The molecule has 1 rings (SSSR count). The summed E-state index contributed by atoms with van der Waals surface area (Å²) in [5.74, 6) is -1.24. The maximum atomic E-state index is 11.8. The van der Waals surface area contributed by atoms with Gasteiger partial charge in [0.2, 0.25) is 0 Å². The molecular weight excluding hydrogens is 314 g/mol. The number of benzene rings is 1. The molecule has 104 valence electrons. The number of carbonyl (C=O) groups excluding carboxylic acids is 1. The summed E-state index contributed by atoms with van der Waals surface area (Å²) in [6, 6.07) is 4.68. The Kier molecular flexibility index (Phi) is 5.35. The molecule has 1 amide bonds. The Morgan fingerprint density at radius 2 is 1.95 bits per heavy atom. The molecule has 0 saturated carbocycles. The van der Waals surface area contributed by atoms with Crippen LogP contribution in [0.25, 0.3) is 0 Å². The fraction of sp³-hybridized carbons (Fsp3) is 0.385. The number of amides is 1. The minimum Gasteiger partial charge on any atom is -0.479 e. The Morgan fingerprint density at radius 1 is 1.32 bits per heavy atom. The first kappa shape index (κ1) is 15.5. The second kappa shape index (κ2) is 6.56. The molecule has 19 heavy (non-hydrogen) atoms. The van der Waals surface area contributed by atoms with Crippen LogP contribution in [0.1, 0.15) is 31.1 Å². The number of aromatic carboxylic acids is 1. The molecule has 0 spiro atoms. The molecular formula is C13H16BrNO4. The Balaban J connectivity index is 2.93. The summed E-state index contributed by atoms with van der Waals surface area (Å²) in [5.41, 5.74) is 0.0126. The smallest absolute Gasteiger partial charge is 0.339 e. The van der Waals surface area contributed by atoms with Crippen LogP contribution in [-0.4, -0.2) is 29.1 Å². The average molecular weight is 330 g/mol. The number of hydrogen-bond donors (Lipinski definition) is 2. The van der Waals surface area contributed by atoms with Crippen molar-refractivity contribution < 1.29 is 19.4 Å². The van der Waals surface area contributed by atoms with Crippen molar-refractivity contribution in [2.75, 3.05) is 0 Å². The van der Waals surface area contributed by atoms with Crippen LogP contribution >= 0.6 is 15.9 Å². The highest BCUT2D eigenvalue weighted by Crippen LogP contribution is 2.30. The Bertz CT molecular complexity index is 488. The minimum absolute atomic E-state index is 0.00305. The molecule has 2 N–H and O–H groups in total. The first-order valence-corrected chi connectivity index (χ1v) is 6.61. The number of rotatable bonds is 5. The lowest BCUT2D eigenvalue weighted by Crippen LogP contribution is -2.40. The lowest BCUT2D eigenvalue weighted by atomic mass is 10.2. The molecule has 0 heterocycles. The summed E-state index contributed by atoms with van der Waals surface area (Å²) in [6.45, 7) is 5.25. The topological polar surface area (TPSA) is 75.6 Å². The third kappa shape index (κ3) is 4.24. The number of carboxylic acids is 1. The molecule has 0 saturated heterocycles. The van der Waals surface area contributed by atoms with Crippen LogP contribution in [0.3, 0.4) is 0 Å². The van der Waals surface area contributed by atoms with E-state index in [9.17, 15) is 9.59 Å². The number of ether oxygens (including phenoxy) is 1. The second-order valence-corrected chi connectivity index (χ2v) is 5.20. The van der Waals surface area contributed by atoms with Crippen molar-refractivity contribution in [1.82, 2.24) is 5.32 Å². The van der Waals surface area contributed by atoms with Gasteiger partial charge >= 0.3 is 5.97 Å². The van der Waals surface area contributed by atoms with Gasteiger partial charge in [0.05, 0.1) is 4.47 Å². The molecule has 0 aliphatic rings. The molecule has 0 bridgehead atoms. The van der Waals surface area contributed by atoms with E-state index in [0.29, 0.717) is 4.47 Å². The van der Waals surface area contributed by atoms with E-state index >= 15 is 0 Å². The van der Waals surface area contributed by atoms with Crippen molar-refractivity contribution >= 4 is 27.8 Å². The molecule has 0 radical (unpaired) electrons. The molecule has 1 atom stereocenters. The largest absolute Gasteiger partial charge is 0.479 e. The van der Waals surface area contributed by atoms with Gasteiger partial charge in [-0.3, -0.25) is 4.79 Å². The van der Waals surface area contributed by atoms with Gasteiger partial charge in [-0.25, -0.2) is 4.79 Å². The average Bonchev–Trinajstić information content (AvgIpc) is 2.30. The SMILES string of the molecule is CC(C)NC(=O)C(C)Oc1c(Br)cccc1C(=O)O. The van der Waals surface area contributed by atoms with E-state index < -0.39 is 12.1 Å². The Morgan fingerprint density at radius 3 is 2.47 bits per heavy atom. The molecule has 1 aromatic carbocycles. The predicted molar refractivity (Wildman–Crippen MR) is 74.5 cm³/mol. The van der Waals surface area contributed by atoms with E-state index in [4.69, 9.17) is 9.84 Å². The zero-order chi connectivity index (χ0) is 14.6. The third-order valence-corrected chi connectivity index (χ3v) is 2.92. The molecule has 0 aliphatic carbocycles. The van der Waals surface area contributed by atoms with Crippen molar-refractivity contribution in [3.05, 3.63) is 28.2 Å². The molecule has 1 aromatic rings. The van der Waals surface area contributed by atoms with Gasteiger partial charge in [0.1, 0.15) is 11.3 Å². The van der Waals surface area contributed by atoms with Crippen LogP contribution in [0.4, 0.5) is 0 Å². The van der Waals surface area contributed by atoms with E-state index in [-0.39, 0.29) is 23.3 Å². The van der Waals surface area contributed by atoms with Crippen LogP contribution < -0.4 is 10.1 Å². The summed E-state index contributed by atoms with van der Waals surface area (Å²) >= 11 is 3.22. The summed E-state index contributed by atoms with van der Waals surface area (Å²) in [6.07, 6.45) is -0.779. The number of para-hydroxylation sites is 1. The standard InChI is InChI=1S/C13H16BrNO4/c1-7(2)15-12(16)8(3)19-11-9(13(17)18)5-4-6-10(11)14/h4-8H,1-3H3,(H,15,16)(H,17,18). The number of halogens is 1. The van der Waals surface area contributed by atoms with Crippen LogP contribution in [0.5, 0.6) is 5.75 Å². The summed E-state index contributed by atoms with van der Waals surface area (Å²) in [4.78, 5) is 22.9. The van der Waals surface area contributed by atoms with E-state index in [0.717, 1.165) is 0 Å². The number of nitrogens with one attached hydrogen (secondary N) is 1. The van der Waals surface area contributed by atoms with Crippen molar-refractivity contribution in [2.45, 2.75) is 32.9 Å². The van der Waals surface area contributed by atoms with Gasteiger partial charge in [-0.15, -0.1) is 0 Å². The van der Waals surface area contributed by atoms with Gasteiger partial charge in [-0.2, -0.15) is 0 Å². The fourth-order valence-corrected chi connectivity index (χ4v) is 1.89. The third-order valence-electron chi connectivity index (χ3n) is 2.29. The zero-order valence-corrected chi connectivity index (χ0v) is 12.5. The molecule has 1 unspecified atom stereocenters. The van der Waals surface area contributed by atoms with Crippen LogP contribution in [0.15, 0.2) is 22.7 Å². The summed E-state index contributed by atoms with van der Waals surface area (Å²) in [7, 11) is 0. The van der Waals surface area contributed by atoms with Gasteiger partial charge in [0.15, 0.2) is 6.10 Å². The number of hydrogen-bond acceptors (Lipinski definition) is 3. The van der Waals surface area contributed by atoms with Gasteiger partial charge in [0.25, 0.3) is 5.91 Å². The Labute approximate surface area is 120 Å². The van der Waals surface area contributed by atoms with E-state index in [1.54, 1.807) is 19.1 Å². The number of carbonyl (C=O) groups is 2. The van der Waals surface area contributed by atoms with Crippen molar-refractivity contribution in [3.63, 3.8) is 0 Å². The minimum atomic E-state index is -1.10. The molecule has 5 nitrogen and oxygen atoms in total. The number of carboxylic acid groups (broad SMARTS) is 1. The monoisotopic (exact) mass is 329 g/mol. The van der Waals surface area contributed by atoms with Crippen molar-refractivity contribution in [3.8, 4) is 5.75 Å². The normalized spacial score (nSPS) is 12.1. The highest BCUT2D eigenvalue weighted by atomic mass is 79.9. The summed E-state index contributed by atoms with van der Waals surface area (Å²) in [5, 5.41) is 11.8. The van der Waals surface area contributed by atoms with Crippen LogP contribution in [0, 0.1) is 0 Å². The lowest BCUT2D eigenvalue weighted by Gasteiger charge is -2.18. The Hall–Kier alpha value is -1.56. The zero-order valence-electron chi connectivity index (χ0n) is 10.9. The molecule has 0 fully saturated rings. The first-order valence-electron chi connectivity index (χ1n) is 5.81. The van der Waals surface area contributed by atoms with Gasteiger partial charge in [0, 0.05) is 6.04 Å². The van der Waals surface area contributed by atoms with Crippen molar-refractivity contribution in [1.29, 1.82) is 0 Å². The highest BCUT2D eigenvalue weighted by molar-refractivity contribution is 9.10. The van der Waals surface area contributed by atoms with Crippen LogP contribution in [-0.2, 0) is 4.79 Å². The van der Waals surface area contributed by atoms with E-state index in [2.05, 4.69) is 21.2 Å². The fourth-order valence-electron chi connectivity index (χ4n) is 1.43. The maximum absolute atomic E-state index is 11.8. The highest BCUT2D eigenvalue weighted by Gasteiger charge is 2.21.